The van der Waals surface area contributed by atoms with Gasteiger partial charge < -0.3 is 25.4 Å². The predicted octanol–water partition coefficient (Wildman–Crippen LogP) is 2.73. The van der Waals surface area contributed by atoms with Gasteiger partial charge in [0, 0.05) is 54.8 Å². The SMILES string of the molecule is CCCc1cc(N2CC[C@H](N)C2)nc(Nc2cc(OC)cc(OC)c2)n1. The molecular formula is C19H27N5O2. The van der Waals surface area contributed by atoms with Crippen molar-refractivity contribution in [2.45, 2.75) is 32.2 Å². The standard InChI is InChI=1S/C19H27N5O2/c1-4-5-14-10-18(24-7-6-13(20)12-24)23-19(21-14)22-15-8-16(25-2)11-17(9-15)26-3/h8-11,13H,4-7,12,20H2,1-3H3,(H,21,22,23)/t13-/m0/s1. The molecule has 3 rings (SSSR count). The summed E-state index contributed by atoms with van der Waals surface area (Å²) in [7, 11) is 3.26. The smallest absolute Gasteiger partial charge is 0.229 e. The topological polar surface area (TPSA) is 85.5 Å². The van der Waals surface area contributed by atoms with Crippen molar-refractivity contribution in [3.05, 3.63) is 30.0 Å². The molecule has 3 N–H and O–H groups in total. The molecule has 0 spiro atoms. The Labute approximate surface area is 154 Å². The molecule has 0 aliphatic carbocycles. The zero-order valence-electron chi connectivity index (χ0n) is 15.7. The second-order valence-corrected chi connectivity index (χ2v) is 6.51. The van der Waals surface area contributed by atoms with Gasteiger partial charge in [-0.05, 0) is 12.8 Å². The van der Waals surface area contributed by atoms with Crippen molar-refractivity contribution in [1.29, 1.82) is 0 Å². The molecule has 1 aliphatic heterocycles. The first-order valence-corrected chi connectivity index (χ1v) is 9.00. The lowest BCUT2D eigenvalue weighted by Crippen LogP contribution is -2.27. The Hall–Kier alpha value is -2.54. The lowest BCUT2D eigenvalue weighted by atomic mass is 10.2. The van der Waals surface area contributed by atoms with Crippen LogP contribution in [0.3, 0.4) is 0 Å². The third kappa shape index (κ3) is 4.35. The number of aromatic nitrogens is 2. The molecule has 1 aliphatic rings. The number of nitrogens with zero attached hydrogens (tertiary/aromatic N) is 3. The van der Waals surface area contributed by atoms with Gasteiger partial charge in [0.05, 0.1) is 14.2 Å². The summed E-state index contributed by atoms with van der Waals surface area (Å²) in [6, 6.07) is 7.89. The van der Waals surface area contributed by atoms with Gasteiger partial charge in [0.15, 0.2) is 0 Å². The van der Waals surface area contributed by atoms with Gasteiger partial charge in [0.2, 0.25) is 5.95 Å². The molecule has 1 saturated heterocycles. The summed E-state index contributed by atoms with van der Waals surface area (Å²) >= 11 is 0. The summed E-state index contributed by atoms with van der Waals surface area (Å²) < 4.78 is 10.7. The molecule has 140 valence electrons. The van der Waals surface area contributed by atoms with Gasteiger partial charge in [-0.15, -0.1) is 0 Å². The van der Waals surface area contributed by atoms with Crippen molar-refractivity contribution in [2.24, 2.45) is 5.73 Å². The predicted molar refractivity (Wildman–Crippen MR) is 104 cm³/mol. The number of nitrogens with two attached hydrogens (primary N) is 1. The van der Waals surface area contributed by atoms with E-state index in [0.29, 0.717) is 17.4 Å². The number of rotatable bonds is 7. The molecule has 2 aromatic rings. The van der Waals surface area contributed by atoms with Gasteiger partial charge in [0.25, 0.3) is 0 Å². The van der Waals surface area contributed by atoms with Crippen LogP contribution in [0.15, 0.2) is 24.3 Å². The molecule has 1 atom stereocenters. The van der Waals surface area contributed by atoms with E-state index in [1.165, 1.54) is 0 Å². The first kappa shape index (κ1) is 18.3. The number of benzene rings is 1. The summed E-state index contributed by atoms with van der Waals surface area (Å²) in [5, 5.41) is 3.29. The maximum absolute atomic E-state index is 6.06. The number of ether oxygens (including phenoxy) is 2. The van der Waals surface area contributed by atoms with Gasteiger partial charge in [-0.3, -0.25) is 0 Å². The molecule has 26 heavy (non-hydrogen) atoms. The second kappa shape index (κ2) is 8.23. The van der Waals surface area contributed by atoms with E-state index >= 15 is 0 Å². The third-order valence-corrected chi connectivity index (χ3v) is 4.43. The van der Waals surface area contributed by atoms with Crippen LogP contribution in [0.1, 0.15) is 25.5 Å². The molecule has 7 nitrogen and oxygen atoms in total. The fraction of sp³-hybridized carbons (Fsp3) is 0.474. The van der Waals surface area contributed by atoms with Crippen LogP contribution in [0.2, 0.25) is 0 Å². The first-order valence-electron chi connectivity index (χ1n) is 9.00. The molecule has 1 fully saturated rings. The molecule has 0 radical (unpaired) electrons. The van der Waals surface area contributed by atoms with Crippen molar-refractivity contribution in [1.82, 2.24) is 9.97 Å². The van der Waals surface area contributed by atoms with Crippen LogP contribution in [0.4, 0.5) is 17.5 Å². The summed E-state index contributed by atoms with van der Waals surface area (Å²) in [6.07, 6.45) is 2.93. The van der Waals surface area contributed by atoms with Crippen LogP contribution in [0, 0.1) is 0 Å². The molecule has 7 heteroatoms. The van der Waals surface area contributed by atoms with Gasteiger partial charge in [-0.25, -0.2) is 4.98 Å². The summed E-state index contributed by atoms with van der Waals surface area (Å²) in [5.74, 6) is 2.92. The van der Waals surface area contributed by atoms with E-state index < -0.39 is 0 Å². The fourth-order valence-corrected chi connectivity index (χ4v) is 3.09. The molecule has 1 aromatic heterocycles. The van der Waals surface area contributed by atoms with Crippen LogP contribution in [0.25, 0.3) is 0 Å². The van der Waals surface area contributed by atoms with E-state index in [2.05, 4.69) is 28.2 Å². The lowest BCUT2D eigenvalue weighted by molar-refractivity contribution is 0.395. The second-order valence-electron chi connectivity index (χ2n) is 6.51. The van der Waals surface area contributed by atoms with Gasteiger partial charge >= 0.3 is 0 Å². The average Bonchev–Trinajstić information content (AvgIpc) is 3.08. The minimum atomic E-state index is 0.207. The van der Waals surface area contributed by atoms with E-state index in [1.54, 1.807) is 14.2 Å². The Morgan fingerprint density at radius 3 is 2.46 bits per heavy atom. The molecule has 0 unspecified atom stereocenters. The fourth-order valence-electron chi connectivity index (χ4n) is 3.09. The van der Waals surface area contributed by atoms with E-state index in [4.69, 9.17) is 20.2 Å². The number of hydrogen-bond donors (Lipinski definition) is 2. The van der Waals surface area contributed by atoms with Crippen LogP contribution < -0.4 is 25.4 Å². The van der Waals surface area contributed by atoms with Gasteiger partial charge in [-0.1, -0.05) is 13.3 Å². The monoisotopic (exact) mass is 357 g/mol. The van der Waals surface area contributed by atoms with Crippen molar-refractivity contribution in [3.8, 4) is 11.5 Å². The van der Waals surface area contributed by atoms with Crippen LogP contribution in [-0.4, -0.2) is 43.3 Å². The molecular weight excluding hydrogens is 330 g/mol. The minimum absolute atomic E-state index is 0.207. The van der Waals surface area contributed by atoms with E-state index in [1.807, 2.05) is 18.2 Å². The normalized spacial score (nSPS) is 16.6. The quantitative estimate of drug-likeness (QED) is 0.788. The van der Waals surface area contributed by atoms with Crippen molar-refractivity contribution in [2.75, 3.05) is 37.5 Å². The molecule has 0 amide bonds. The van der Waals surface area contributed by atoms with Crippen LogP contribution >= 0.6 is 0 Å². The highest BCUT2D eigenvalue weighted by Crippen LogP contribution is 2.28. The Bertz CT molecular complexity index is 730. The highest BCUT2D eigenvalue weighted by molar-refractivity contribution is 5.61. The van der Waals surface area contributed by atoms with E-state index in [-0.39, 0.29) is 6.04 Å². The maximum atomic E-state index is 6.06. The zero-order chi connectivity index (χ0) is 18.5. The number of nitrogens with one attached hydrogen (secondary N) is 1. The van der Waals surface area contributed by atoms with E-state index in [0.717, 1.165) is 49.6 Å². The number of aryl methyl sites for hydroxylation is 1. The Morgan fingerprint density at radius 2 is 1.88 bits per heavy atom. The Kier molecular flexibility index (Phi) is 5.78. The van der Waals surface area contributed by atoms with Crippen LogP contribution in [0.5, 0.6) is 11.5 Å². The lowest BCUT2D eigenvalue weighted by Gasteiger charge is -2.19. The summed E-state index contributed by atoms with van der Waals surface area (Å²) in [6.45, 7) is 3.90. The third-order valence-electron chi connectivity index (χ3n) is 4.43. The molecule has 2 heterocycles. The van der Waals surface area contributed by atoms with Crippen molar-refractivity contribution < 1.29 is 9.47 Å². The van der Waals surface area contributed by atoms with Gasteiger partial charge in [0.1, 0.15) is 17.3 Å². The number of methoxy groups -OCH3 is 2. The Balaban J connectivity index is 1.90. The molecule has 0 saturated carbocycles. The average molecular weight is 357 g/mol. The van der Waals surface area contributed by atoms with Gasteiger partial charge in [-0.2, -0.15) is 4.98 Å². The zero-order valence-corrected chi connectivity index (χ0v) is 15.7. The number of anilines is 3. The maximum Gasteiger partial charge on any atom is 0.229 e. The number of hydrogen-bond acceptors (Lipinski definition) is 7. The Morgan fingerprint density at radius 1 is 1.15 bits per heavy atom. The molecule has 0 bridgehead atoms. The highest BCUT2D eigenvalue weighted by atomic mass is 16.5. The highest BCUT2D eigenvalue weighted by Gasteiger charge is 2.21. The minimum Gasteiger partial charge on any atom is -0.497 e. The van der Waals surface area contributed by atoms with E-state index in [9.17, 15) is 0 Å². The largest absolute Gasteiger partial charge is 0.497 e. The summed E-state index contributed by atoms with van der Waals surface area (Å²) in [5.41, 5.74) is 7.90. The molecule has 1 aromatic carbocycles. The van der Waals surface area contributed by atoms with Crippen LogP contribution in [-0.2, 0) is 6.42 Å². The van der Waals surface area contributed by atoms with Crippen molar-refractivity contribution >= 4 is 17.5 Å². The summed E-state index contributed by atoms with van der Waals surface area (Å²) in [4.78, 5) is 11.6. The van der Waals surface area contributed by atoms with Crippen molar-refractivity contribution in [3.63, 3.8) is 0 Å². The first-order chi connectivity index (χ1) is 12.6.